The quantitative estimate of drug-likeness (QED) is 0.922. The van der Waals surface area contributed by atoms with E-state index in [0.717, 1.165) is 36.1 Å². The predicted octanol–water partition coefficient (Wildman–Crippen LogP) is 3.13. The van der Waals surface area contributed by atoms with Crippen molar-refractivity contribution in [1.82, 2.24) is 15.1 Å². The van der Waals surface area contributed by atoms with Crippen molar-refractivity contribution >= 4 is 15.9 Å². The molecule has 3 aliphatic rings. The lowest BCUT2D eigenvalue weighted by atomic mass is 9.95. The molecule has 1 N–H and O–H groups in total. The van der Waals surface area contributed by atoms with Gasteiger partial charge in [-0.05, 0) is 71.3 Å². The summed E-state index contributed by atoms with van der Waals surface area (Å²) in [5.41, 5.74) is 1.35. The van der Waals surface area contributed by atoms with Gasteiger partial charge in [0.2, 0.25) is 0 Å². The van der Waals surface area contributed by atoms with Crippen LogP contribution in [0.15, 0.2) is 10.7 Å². The molecule has 3 fully saturated rings. The average molecular weight is 324 g/mol. The molecule has 2 bridgehead atoms. The van der Waals surface area contributed by atoms with Crippen LogP contribution in [-0.4, -0.2) is 16.3 Å². The number of aromatic nitrogens is 2. The van der Waals surface area contributed by atoms with Crippen LogP contribution in [0, 0.1) is 29.6 Å². The molecule has 1 aromatic rings. The summed E-state index contributed by atoms with van der Waals surface area (Å²) < 4.78 is 3.21. The fourth-order valence-electron chi connectivity index (χ4n) is 5.24. The van der Waals surface area contributed by atoms with Gasteiger partial charge in [0.15, 0.2) is 0 Å². The Morgan fingerprint density at radius 3 is 2.63 bits per heavy atom. The van der Waals surface area contributed by atoms with E-state index in [1.54, 1.807) is 0 Å². The third kappa shape index (κ3) is 1.69. The van der Waals surface area contributed by atoms with E-state index in [1.807, 2.05) is 10.9 Å². The number of hydrogen-bond acceptors (Lipinski definition) is 2. The molecule has 104 valence electrons. The molecule has 0 amide bonds. The van der Waals surface area contributed by atoms with Gasteiger partial charge in [0.25, 0.3) is 0 Å². The van der Waals surface area contributed by atoms with Crippen molar-refractivity contribution in [3.63, 3.8) is 0 Å². The number of hydrogen-bond donors (Lipinski definition) is 1. The minimum absolute atomic E-state index is 0.491. The van der Waals surface area contributed by atoms with Gasteiger partial charge < -0.3 is 5.32 Å². The van der Waals surface area contributed by atoms with Crippen molar-refractivity contribution in [2.75, 3.05) is 6.54 Å². The monoisotopic (exact) mass is 323 g/mol. The van der Waals surface area contributed by atoms with E-state index < -0.39 is 0 Å². The second kappa shape index (κ2) is 4.32. The Hall–Kier alpha value is -0.350. The van der Waals surface area contributed by atoms with Crippen LogP contribution in [0.1, 0.15) is 37.9 Å². The van der Waals surface area contributed by atoms with E-state index in [9.17, 15) is 0 Å². The van der Waals surface area contributed by atoms with Gasteiger partial charge in [-0.25, -0.2) is 0 Å². The summed E-state index contributed by atoms with van der Waals surface area (Å²) in [4.78, 5) is 0. The first-order chi connectivity index (χ1) is 9.22. The molecule has 4 heteroatoms. The van der Waals surface area contributed by atoms with Gasteiger partial charge in [0, 0.05) is 7.05 Å². The van der Waals surface area contributed by atoms with E-state index in [4.69, 9.17) is 0 Å². The summed E-state index contributed by atoms with van der Waals surface area (Å²) in [6, 6.07) is 0.491. The van der Waals surface area contributed by atoms with Crippen molar-refractivity contribution in [3.8, 4) is 0 Å². The molecule has 1 aromatic heterocycles. The van der Waals surface area contributed by atoms with Gasteiger partial charge in [0.05, 0.1) is 22.4 Å². The average Bonchev–Trinajstić information content (AvgIpc) is 2.70. The molecule has 5 unspecified atom stereocenters. The number of fused-ring (bicyclic) bond motifs is 5. The highest BCUT2D eigenvalue weighted by Crippen LogP contribution is 2.72. The van der Waals surface area contributed by atoms with Crippen LogP contribution in [-0.2, 0) is 7.05 Å². The molecule has 0 aliphatic heterocycles. The molecule has 4 rings (SSSR count). The minimum atomic E-state index is 0.491. The van der Waals surface area contributed by atoms with E-state index in [1.165, 1.54) is 29.4 Å². The number of nitrogens with one attached hydrogen (secondary N) is 1. The van der Waals surface area contributed by atoms with Gasteiger partial charge in [-0.15, -0.1) is 0 Å². The first-order valence-electron chi connectivity index (χ1n) is 7.63. The molecule has 0 saturated heterocycles. The molecular weight excluding hydrogens is 302 g/mol. The van der Waals surface area contributed by atoms with Crippen LogP contribution in [0.25, 0.3) is 0 Å². The zero-order valence-electron chi connectivity index (χ0n) is 11.6. The van der Waals surface area contributed by atoms with Crippen molar-refractivity contribution in [3.05, 3.63) is 16.4 Å². The molecule has 0 aromatic carbocycles. The Morgan fingerprint density at radius 2 is 2.11 bits per heavy atom. The number of rotatable bonds is 4. The minimum Gasteiger partial charge on any atom is -0.309 e. The molecular formula is C15H22BrN3. The number of aryl methyl sites for hydroxylation is 1. The Kier molecular flexibility index (Phi) is 2.82. The molecule has 3 saturated carbocycles. The Bertz CT molecular complexity index is 462. The second-order valence-electron chi connectivity index (χ2n) is 6.60. The van der Waals surface area contributed by atoms with Crippen LogP contribution in [0.5, 0.6) is 0 Å². The van der Waals surface area contributed by atoms with Crippen LogP contribution in [0.3, 0.4) is 0 Å². The lowest BCUT2D eigenvalue weighted by Gasteiger charge is -2.22. The first kappa shape index (κ1) is 12.4. The van der Waals surface area contributed by atoms with E-state index in [0.29, 0.717) is 6.04 Å². The molecule has 19 heavy (non-hydrogen) atoms. The Labute approximate surface area is 123 Å². The molecule has 0 spiro atoms. The highest BCUT2D eigenvalue weighted by atomic mass is 79.9. The number of nitrogens with zero attached hydrogens (tertiary/aromatic N) is 2. The van der Waals surface area contributed by atoms with Crippen molar-refractivity contribution in [1.29, 1.82) is 0 Å². The van der Waals surface area contributed by atoms with Crippen LogP contribution < -0.4 is 5.32 Å². The maximum absolute atomic E-state index is 4.41. The van der Waals surface area contributed by atoms with Gasteiger partial charge in [-0.1, -0.05) is 6.92 Å². The van der Waals surface area contributed by atoms with Crippen LogP contribution >= 0.6 is 15.9 Å². The third-order valence-corrected chi connectivity index (χ3v) is 6.45. The fraction of sp³-hybridized carbons (Fsp3) is 0.800. The fourth-order valence-corrected chi connectivity index (χ4v) is 5.84. The maximum Gasteiger partial charge on any atom is 0.0695 e. The standard InChI is InChI=1S/C15H22BrN3/c1-3-17-14(15-10(16)7-18-19(15)2)13-11-8-4-5-9(6-8)12(11)13/h7-9,11-14,17H,3-6H2,1-2H3. The van der Waals surface area contributed by atoms with E-state index in [-0.39, 0.29) is 0 Å². The smallest absolute Gasteiger partial charge is 0.0695 e. The summed E-state index contributed by atoms with van der Waals surface area (Å²) in [7, 11) is 2.07. The second-order valence-corrected chi connectivity index (χ2v) is 7.46. The Morgan fingerprint density at radius 1 is 1.42 bits per heavy atom. The highest BCUT2D eigenvalue weighted by molar-refractivity contribution is 9.10. The lowest BCUT2D eigenvalue weighted by Crippen LogP contribution is -2.27. The summed E-state index contributed by atoms with van der Waals surface area (Å²) >= 11 is 3.69. The normalized spacial score (nSPS) is 40.5. The van der Waals surface area contributed by atoms with E-state index >= 15 is 0 Å². The van der Waals surface area contributed by atoms with Crippen LogP contribution in [0.4, 0.5) is 0 Å². The highest BCUT2D eigenvalue weighted by Gasteiger charge is 2.67. The van der Waals surface area contributed by atoms with Gasteiger partial charge in [-0.3, -0.25) is 4.68 Å². The first-order valence-corrected chi connectivity index (χ1v) is 8.42. The molecule has 1 heterocycles. The van der Waals surface area contributed by atoms with Crippen LogP contribution in [0.2, 0.25) is 0 Å². The van der Waals surface area contributed by atoms with Gasteiger partial charge >= 0.3 is 0 Å². The van der Waals surface area contributed by atoms with Crippen molar-refractivity contribution in [2.45, 2.75) is 32.2 Å². The summed E-state index contributed by atoms with van der Waals surface area (Å²) in [6.45, 7) is 3.25. The topological polar surface area (TPSA) is 29.9 Å². The third-order valence-electron chi connectivity index (χ3n) is 5.84. The predicted molar refractivity (Wildman–Crippen MR) is 78.6 cm³/mol. The van der Waals surface area contributed by atoms with Gasteiger partial charge in [0.1, 0.15) is 0 Å². The SMILES string of the molecule is CCNC(c1c(Br)cnn1C)C1C2C3CCC(C3)C21. The molecule has 0 radical (unpaired) electrons. The Balaban J connectivity index is 1.64. The zero-order chi connectivity index (χ0) is 13.1. The van der Waals surface area contributed by atoms with Crippen molar-refractivity contribution in [2.24, 2.45) is 36.6 Å². The maximum atomic E-state index is 4.41. The lowest BCUT2D eigenvalue weighted by molar-refractivity contribution is 0.360. The summed E-state index contributed by atoms with van der Waals surface area (Å²) in [5, 5.41) is 8.14. The zero-order valence-corrected chi connectivity index (χ0v) is 13.2. The van der Waals surface area contributed by atoms with Gasteiger partial charge in [-0.2, -0.15) is 5.10 Å². The summed E-state index contributed by atoms with van der Waals surface area (Å²) in [6.07, 6.45) is 6.45. The summed E-state index contributed by atoms with van der Waals surface area (Å²) in [5.74, 6) is 4.94. The van der Waals surface area contributed by atoms with Crippen molar-refractivity contribution < 1.29 is 0 Å². The number of halogens is 1. The largest absolute Gasteiger partial charge is 0.309 e. The van der Waals surface area contributed by atoms with E-state index in [2.05, 4.69) is 40.3 Å². The molecule has 5 atom stereocenters. The molecule has 3 nitrogen and oxygen atoms in total. The molecule has 3 aliphatic carbocycles.